The molecule has 4 aromatic carbocycles. The number of azo groups is 2. The van der Waals surface area contributed by atoms with E-state index in [-0.39, 0.29) is 72.8 Å². The van der Waals surface area contributed by atoms with Crippen molar-refractivity contribution in [3.8, 4) is 5.75 Å². The Balaban J connectivity index is 1.59. The average Bonchev–Trinajstić information content (AvgIpc) is 3.13. The number of anilines is 1. The maximum absolute atomic E-state index is 12.5. The number of aromatic hydroxyl groups is 1. The van der Waals surface area contributed by atoms with Gasteiger partial charge in [-0.05, 0) is 66.7 Å². The first-order valence-electron chi connectivity index (χ1n) is 13.8. The first-order chi connectivity index (χ1) is 24.9. The molecule has 0 aliphatic heterocycles. The van der Waals surface area contributed by atoms with Crippen LogP contribution in [0.3, 0.4) is 0 Å². The largest absolute Gasteiger partial charge is 0.505 e. The molecule has 0 radical (unpaired) electrons. The number of phenolic OH excluding ortho intramolecular Hbond substituents is 1. The van der Waals surface area contributed by atoms with Gasteiger partial charge < -0.3 is 10.8 Å². The molecule has 1 unspecified atom stereocenters. The molecule has 0 aliphatic carbocycles. The third kappa shape index (κ3) is 11.1. The molecular weight excluding hydrogens is 799 g/mol. The fourth-order valence-electron chi connectivity index (χ4n) is 4.09. The van der Waals surface area contributed by atoms with Gasteiger partial charge in [-0.25, -0.2) is 36.8 Å². The fraction of sp³-hybridized carbons (Fsp3) is 0.154. The standard InChI is InChI=1S/C26H25N5O16S5/c27-22-10-9-20-21(24(22)30-28-16-1-5-18(6-2-16)51(37,38)13-11-41-49-46-43-34)15-23(48-45-42-33)25(26(20)32)31-29-17-3-7-19(8-4-17)52(39,40)14-12-50(36)47-44-35/h1-10,15,32-35H,11-14,27H2. The number of rotatable bonds is 20. The highest BCUT2D eigenvalue weighted by molar-refractivity contribution is 7.94. The van der Waals surface area contributed by atoms with Crippen molar-refractivity contribution in [3.63, 3.8) is 0 Å². The lowest BCUT2D eigenvalue weighted by atomic mass is 10.1. The predicted molar refractivity (Wildman–Crippen MR) is 182 cm³/mol. The van der Waals surface area contributed by atoms with E-state index in [2.05, 4.69) is 48.6 Å². The smallest absolute Gasteiger partial charge is 0.197 e. The topological polar surface area (TPSA) is 306 Å². The molecule has 4 aromatic rings. The summed E-state index contributed by atoms with van der Waals surface area (Å²) in [7, 11) is -7.65. The normalized spacial score (nSPS) is 13.1. The molecule has 0 saturated heterocycles. The van der Waals surface area contributed by atoms with E-state index in [0.717, 1.165) is 0 Å². The number of nitrogens with zero attached hydrogens (tertiary/aromatic N) is 4. The summed E-state index contributed by atoms with van der Waals surface area (Å²) in [6, 6.07) is 14.9. The second-order valence-electron chi connectivity index (χ2n) is 9.60. The van der Waals surface area contributed by atoms with Gasteiger partial charge in [-0.1, -0.05) is 15.1 Å². The summed E-state index contributed by atoms with van der Waals surface area (Å²) in [5, 5.41) is 63.5. The number of fused-ring (bicyclic) bond motifs is 1. The van der Waals surface area contributed by atoms with Crippen LogP contribution < -0.4 is 5.73 Å². The Morgan fingerprint density at radius 2 is 1.29 bits per heavy atom. The average molecular weight is 824 g/mol. The van der Waals surface area contributed by atoms with Gasteiger partial charge in [0, 0.05) is 10.8 Å². The van der Waals surface area contributed by atoms with Gasteiger partial charge >= 0.3 is 0 Å². The van der Waals surface area contributed by atoms with E-state index in [4.69, 9.17) is 25.7 Å². The van der Waals surface area contributed by atoms with Gasteiger partial charge in [-0.3, -0.25) is 4.18 Å². The lowest BCUT2D eigenvalue weighted by molar-refractivity contribution is -0.434. The Hall–Kier alpha value is -3.71. The van der Waals surface area contributed by atoms with Crippen LogP contribution in [0.2, 0.25) is 0 Å². The van der Waals surface area contributed by atoms with Crippen molar-refractivity contribution >= 4 is 94.3 Å². The first kappa shape index (κ1) is 41.1. The summed E-state index contributed by atoms with van der Waals surface area (Å²) >= 11 is -1.51. The zero-order chi connectivity index (χ0) is 37.7. The highest BCUT2D eigenvalue weighted by Gasteiger charge is 2.20. The van der Waals surface area contributed by atoms with Gasteiger partial charge in [0.05, 0.1) is 67.7 Å². The molecular formula is C26H25N5O16S5. The van der Waals surface area contributed by atoms with E-state index < -0.39 is 53.8 Å². The molecule has 6 N–H and O–H groups in total. The first-order valence-corrected chi connectivity index (χ1v) is 19.7. The van der Waals surface area contributed by atoms with Gasteiger partial charge in [0.25, 0.3) is 0 Å². The summed E-state index contributed by atoms with van der Waals surface area (Å²) in [6.07, 6.45) is 0. The Labute approximate surface area is 304 Å². The summed E-state index contributed by atoms with van der Waals surface area (Å²) in [4.78, 5) is -0.104. The molecule has 280 valence electrons. The van der Waals surface area contributed by atoms with Crippen LogP contribution >= 0.6 is 24.4 Å². The Bertz CT molecular complexity index is 2140. The Morgan fingerprint density at radius 3 is 1.87 bits per heavy atom. The second kappa shape index (κ2) is 19.4. The predicted octanol–water partition coefficient (Wildman–Crippen LogP) is 6.02. The van der Waals surface area contributed by atoms with Gasteiger partial charge in [-0.15, -0.1) is 23.2 Å². The number of hydrogen-bond donors (Lipinski definition) is 5. The highest BCUT2D eigenvalue weighted by atomic mass is 32.2. The molecule has 1 atom stereocenters. The second-order valence-corrected chi connectivity index (χ2v) is 16.2. The molecule has 0 aromatic heterocycles. The van der Waals surface area contributed by atoms with Crippen molar-refractivity contribution in [2.24, 2.45) is 20.5 Å². The van der Waals surface area contributed by atoms with E-state index in [1.165, 1.54) is 66.7 Å². The lowest BCUT2D eigenvalue weighted by Crippen LogP contribution is -2.14. The molecule has 21 nitrogen and oxygen atoms in total. The van der Waals surface area contributed by atoms with Crippen LogP contribution in [0.1, 0.15) is 0 Å². The van der Waals surface area contributed by atoms with E-state index in [1.54, 1.807) is 0 Å². The fourth-order valence-corrected chi connectivity index (χ4v) is 8.33. The molecule has 4 rings (SSSR count). The van der Waals surface area contributed by atoms with Crippen LogP contribution in [0.4, 0.5) is 28.4 Å². The Kier molecular flexibility index (Phi) is 15.3. The molecule has 0 heterocycles. The van der Waals surface area contributed by atoms with E-state index in [0.29, 0.717) is 12.0 Å². The zero-order valence-electron chi connectivity index (χ0n) is 25.8. The quantitative estimate of drug-likeness (QED) is 0.0170. The van der Waals surface area contributed by atoms with Crippen LogP contribution in [0.15, 0.2) is 102 Å². The maximum atomic E-state index is 12.5. The van der Waals surface area contributed by atoms with Gasteiger partial charge in [0.2, 0.25) is 0 Å². The number of nitrogen functional groups attached to an aromatic ring is 1. The minimum Gasteiger partial charge on any atom is -0.505 e. The van der Waals surface area contributed by atoms with Crippen LogP contribution in [-0.2, 0) is 63.1 Å². The van der Waals surface area contributed by atoms with Crippen molar-refractivity contribution in [2.45, 2.75) is 14.7 Å². The van der Waals surface area contributed by atoms with Crippen LogP contribution in [0.25, 0.3) is 10.8 Å². The SMILES string of the molecule is Nc1ccc2c(O)c(N=Nc3ccc(S(=O)(=O)CCS(=O)OOO)cc3)c(SOOO)cc2c1N=Nc1ccc(S(=O)(=O)CCOSOOO)cc1. The number of benzene rings is 4. The number of sulfone groups is 2. The number of nitrogens with two attached hydrogens (primary N) is 1. The van der Waals surface area contributed by atoms with E-state index in [9.17, 15) is 26.2 Å². The van der Waals surface area contributed by atoms with Crippen molar-refractivity contribution in [1.82, 2.24) is 0 Å². The van der Waals surface area contributed by atoms with Crippen molar-refractivity contribution in [2.75, 3.05) is 29.6 Å². The summed E-state index contributed by atoms with van der Waals surface area (Å²) in [5.41, 5.74) is 6.69. The summed E-state index contributed by atoms with van der Waals surface area (Å²) in [5.74, 6) is -1.88. The summed E-state index contributed by atoms with van der Waals surface area (Å²) in [6.45, 7) is -0.267. The Morgan fingerprint density at radius 1 is 0.712 bits per heavy atom. The van der Waals surface area contributed by atoms with E-state index >= 15 is 0 Å². The van der Waals surface area contributed by atoms with Crippen LogP contribution in [0, 0.1) is 0 Å². The van der Waals surface area contributed by atoms with Crippen molar-refractivity contribution in [1.29, 1.82) is 0 Å². The molecule has 0 amide bonds. The monoisotopic (exact) mass is 823 g/mol. The molecule has 0 bridgehead atoms. The molecule has 0 spiro atoms. The molecule has 52 heavy (non-hydrogen) atoms. The molecule has 0 aliphatic rings. The minimum absolute atomic E-state index is 0.0278. The third-order valence-electron chi connectivity index (χ3n) is 6.48. The third-order valence-corrected chi connectivity index (χ3v) is 11.9. The molecule has 26 heteroatoms. The van der Waals surface area contributed by atoms with Crippen LogP contribution in [0.5, 0.6) is 5.75 Å². The zero-order valence-corrected chi connectivity index (χ0v) is 29.9. The van der Waals surface area contributed by atoms with Crippen LogP contribution in [-0.4, -0.2) is 65.8 Å². The molecule has 0 saturated carbocycles. The van der Waals surface area contributed by atoms with Crippen molar-refractivity contribution in [3.05, 3.63) is 66.7 Å². The number of phenols is 1. The maximum Gasteiger partial charge on any atom is 0.197 e. The minimum atomic E-state index is -3.90. The van der Waals surface area contributed by atoms with Crippen molar-refractivity contribution < 1.29 is 74.2 Å². The van der Waals surface area contributed by atoms with Gasteiger partial charge in [-0.2, -0.15) is 10.2 Å². The highest BCUT2D eigenvalue weighted by Crippen LogP contribution is 2.47. The lowest BCUT2D eigenvalue weighted by Gasteiger charge is -2.11. The number of hydrogen-bond acceptors (Lipinski definition) is 23. The van der Waals surface area contributed by atoms with Gasteiger partial charge in [0.15, 0.2) is 48.8 Å². The summed E-state index contributed by atoms with van der Waals surface area (Å²) < 4.78 is 78.9. The van der Waals surface area contributed by atoms with Gasteiger partial charge in [0.1, 0.15) is 11.4 Å². The molecule has 0 fully saturated rings. The van der Waals surface area contributed by atoms with E-state index in [1.807, 2.05) is 0 Å².